The van der Waals surface area contributed by atoms with Crippen LogP contribution in [0.4, 0.5) is 4.79 Å². The van der Waals surface area contributed by atoms with Gasteiger partial charge in [0.2, 0.25) is 0 Å². The predicted octanol–water partition coefficient (Wildman–Crippen LogP) is 0.435. The topological polar surface area (TPSA) is 72.9 Å². The van der Waals surface area contributed by atoms with Gasteiger partial charge in [0.15, 0.2) is 0 Å². The Labute approximate surface area is 122 Å². The summed E-state index contributed by atoms with van der Waals surface area (Å²) in [6.45, 7) is 2.71. The van der Waals surface area contributed by atoms with E-state index in [0.717, 1.165) is 31.7 Å². The van der Waals surface area contributed by atoms with Crippen molar-refractivity contribution >= 4 is 23.8 Å². The second-order valence-corrected chi connectivity index (χ2v) is 6.86. The number of hydrogen-bond donors (Lipinski definition) is 2. The number of fused-ring (bicyclic) bond motifs is 1. The monoisotopic (exact) mass is 299 g/mol. The lowest BCUT2D eigenvalue weighted by Gasteiger charge is -2.34. The van der Waals surface area contributed by atoms with Gasteiger partial charge in [-0.25, -0.2) is 9.59 Å². The van der Waals surface area contributed by atoms with E-state index in [9.17, 15) is 14.7 Å². The van der Waals surface area contributed by atoms with Crippen LogP contribution < -0.4 is 5.32 Å². The summed E-state index contributed by atoms with van der Waals surface area (Å²) in [5, 5.41) is 12.3. The lowest BCUT2D eigenvalue weighted by molar-refractivity contribution is -0.141. The zero-order valence-electron chi connectivity index (χ0n) is 11.5. The van der Waals surface area contributed by atoms with Crippen LogP contribution in [0.1, 0.15) is 19.3 Å². The molecule has 3 aliphatic heterocycles. The minimum atomic E-state index is -0.902. The van der Waals surface area contributed by atoms with Crippen LogP contribution in [0.15, 0.2) is 0 Å². The van der Waals surface area contributed by atoms with Crippen LogP contribution >= 0.6 is 11.8 Å². The normalized spacial score (nSPS) is 34.0. The molecule has 3 aliphatic rings. The van der Waals surface area contributed by atoms with Gasteiger partial charge < -0.3 is 15.3 Å². The minimum absolute atomic E-state index is 0.189. The maximum absolute atomic E-state index is 12.4. The summed E-state index contributed by atoms with van der Waals surface area (Å²) < 4.78 is 0. The Balaban J connectivity index is 1.61. The fourth-order valence-corrected chi connectivity index (χ4v) is 4.58. The summed E-state index contributed by atoms with van der Waals surface area (Å²) >= 11 is 1.60. The van der Waals surface area contributed by atoms with E-state index in [0.29, 0.717) is 18.3 Å². The molecule has 2 N–H and O–H groups in total. The van der Waals surface area contributed by atoms with Crippen molar-refractivity contribution in [3.05, 3.63) is 0 Å². The quantitative estimate of drug-likeness (QED) is 0.774. The molecule has 3 fully saturated rings. The van der Waals surface area contributed by atoms with Crippen LogP contribution in [0, 0.1) is 0 Å². The van der Waals surface area contributed by atoms with Gasteiger partial charge >= 0.3 is 12.0 Å². The summed E-state index contributed by atoms with van der Waals surface area (Å²) in [7, 11) is 0. The van der Waals surface area contributed by atoms with Crippen molar-refractivity contribution in [1.29, 1.82) is 0 Å². The Hall–Kier alpha value is -0.950. The summed E-state index contributed by atoms with van der Waals surface area (Å²) in [4.78, 5) is 27.6. The zero-order valence-corrected chi connectivity index (χ0v) is 12.3. The summed E-state index contributed by atoms with van der Waals surface area (Å²) in [6, 6.07) is -0.235. The Morgan fingerprint density at radius 1 is 1.20 bits per heavy atom. The number of nitrogens with one attached hydrogen (secondary N) is 1. The Morgan fingerprint density at radius 2 is 2.05 bits per heavy atom. The van der Waals surface area contributed by atoms with Crippen molar-refractivity contribution < 1.29 is 14.7 Å². The number of carboxylic acids is 1. The molecule has 0 bridgehead atoms. The average molecular weight is 299 g/mol. The molecular weight excluding hydrogens is 278 g/mol. The third kappa shape index (κ3) is 2.61. The van der Waals surface area contributed by atoms with E-state index in [-0.39, 0.29) is 12.1 Å². The lowest BCUT2D eigenvalue weighted by atomic mass is 10.1. The largest absolute Gasteiger partial charge is 0.480 e. The molecule has 0 spiro atoms. The number of urea groups is 1. The number of rotatable bonds is 2. The molecule has 6 nitrogen and oxygen atoms in total. The fraction of sp³-hybridized carbons (Fsp3) is 0.846. The Bertz CT molecular complexity index is 406. The molecule has 3 atom stereocenters. The highest BCUT2D eigenvalue weighted by molar-refractivity contribution is 7.99. The molecule has 3 rings (SSSR count). The molecule has 20 heavy (non-hydrogen) atoms. The van der Waals surface area contributed by atoms with Crippen LogP contribution in [0.3, 0.4) is 0 Å². The summed E-state index contributed by atoms with van der Waals surface area (Å²) in [5.74, 6) is 0.404. The fourth-order valence-electron chi connectivity index (χ4n) is 3.54. The molecular formula is C13H21N3O3S. The molecule has 0 aromatic heterocycles. The highest BCUT2D eigenvalue weighted by Gasteiger charge is 2.40. The molecule has 7 heteroatoms. The number of carbonyl (C=O) groups is 2. The SMILES string of the molecule is O=C(O)C1CSCCN1C(=O)NC1CCN2CCCC12. The molecule has 3 saturated heterocycles. The number of aliphatic carboxylic acids is 1. The molecule has 112 valence electrons. The van der Waals surface area contributed by atoms with E-state index in [2.05, 4.69) is 10.2 Å². The highest BCUT2D eigenvalue weighted by atomic mass is 32.2. The van der Waals surface area contributed by atoms with Crippen molar-refractivity contribution in [1.82, 2.24) is 15.1 Å². The van der Waals surface area contributed by atoms with E-state index < -0.39 is 12.0 Å². The first kappa shape index (κ1) is 14.0. The predicted molar refractivity (Wildman–Crippen MR) is 77.0 cm³/mol. The first-order chi connectivity index (χ1) is 9.66. The van der Waals surface area contributed by atoms with Gasteiger partial charge in [0, 0.05) is 36.7 Å². The lowest BCUT2D eigenvalue weighted by Crippen LogP contribution is -2.56. The van der Waals surface area contributed by atoms with Gasteiger partial charge in [0.1, 0.15) is 6.04 Å². The Morgan fingerprint density at radius 3 is 2.85 bits per heavy atom. The first-order valence-corrected chi connectivity index (χ1v) is 8.44. The number of thioether (sulfide) groups is 1. The first-order valence-electron chi connectivity index (χ1n) is 7.28. The van der Waals surface area contributed by atoms with Gasteiger partial charge in [-0.1, -0.05) is 0 Å². The van der Waals surface area contributed by atoms with Crippen LogP contribution in [0.5, 0.6) is 0 Å². The average Bonchev–Trinajstić information content (AvgIpc) is 3.03. The van der Waals surface area contributed by atoms with Gasteiger partial charge in [-0.05, 0) is 25.8 Å². The minimum Gasteiger partial charge on any atom is -0.480 e. The van der Waals surface area contributed by atoms with Gasteiger partial charge in [-0.15, -0.1) is 0 Å². The number of carboxylic acid groups (broad SMARTS) is 1. The van der Waals surface area contributed by atoms with Crippen LogP contribution in [-0.4, -0.2) is 76.2 Å². The van der Waals surface area contributed by atoms with Gasteiger partial charge in [-0.2, -0.15) is 11.8 Å². The Kier molecular flexibility index (Phi) is 4.07. The maximum atomic E-state index is 12.4. The van der Waals surface area contributed by atoms with E-state index in [1.165, 1.54) is 11.3 Å². The third-order valence-corrected chi connectivity index (χ3v) is 5.61. The maximum Gasteiger partial charge on any atom is 0.327 e. The number of nitrogens with zero attached hydrogens (tertiary/aromatic N) is 2. The van der Waals surface area contributed by atoms with Crippen LogP contribution in [-0.2, 0) is 4.79 Å². The van der Waals surface area contributed by atoms with E-state index >= 15 is 0 Å². The van der Waals surface area contributed by atoms with Gasteiger partial charge in [-0.3, -0.25) is 4.90 Å². The molecule has 3 unspecified atom stereocenters. The van der Waals surface area contributed by atoms with Crippen molar-refractivity contribution in [3.8, 4) is 0 Å². The molecule has 0 aromatic rings. The van der Waals surface area contributed by atoms with Crippen LogP contribution in [0.25, 0.3) is 0 Å². The summed E-state index contributed by atoms with van der Waals surface area (Å²) in [6.07, 6.45) is 3.33. The zero-order chi connectivity index (χ0) is 14.1. The summed E-state index contributed by atoms with van der Waals surface area (Å²) in [5.41, 5.74) is 0. The highest BCUT2D eigenvalue weighted by Crippen LogP contribution is 2.28. The second-order valence-electron chi connectivity index (χ2n) is 5.71. The van der Waals surface area contributed by atoms with Crippen molar-refractivity contribution in [3.63, 3.8) is 0 Å². The van der Waals surface area contributed by atoms with Crippen molar-refractivity contribution in [2.24, 2.45) is 0 Å². The van der Waals surface area contributed by atoms with Gasteiger partial charge in [0.25, 0.3) is 0 Å². The number of amides is 2. The molecule has 2 amide bonds. The van der Waals surface area contributed by atoms with Crippen molar-refractivity contribution in [2.45, 2.75) is 37.4 Å². The molecule has 0 aliphatic carbocycles. The third-order valence-electron chi connectivity index (χ3n) is 4.59. The number of carbonyl (C=O) groups excluding carboxylic acids is 1. The molecule has 0 aromatic carbocycles. The molecule has 3 heterocycles. The van der Waals surface area contributed by atoms with E-state index in [1.807, 2.05) is 0 Å². The van der Waals surface area contributed by atoms with Gasteiger partial charge in [0.05, 0.1) is 0 Å². The van der Waals surface area contributed by atoms with E-state index in [1.54, 1.807) is 11.8 Å². The standard InChI is InChI=1S/C13H21N3O3S/c17-12(18)11-8-20-7-6-16(11)13(19)14-9-3-5-15-4-1-2-10(9)15/h9-11H,1-8H2,(H,14,19)(H,17,18). The van der Waals surface area contributed by atoms with E-state index in [4.69, 9.17) is 0 Å². The smallest absolute Gasteiger partial charge is 0.327 e. The molecule has 0 saturated carbocycles. The van der Waals surface area contributed by atoms with Crippen LogP contribution in [0.2, 0.25) is 0 Å². The molecule has 0 radical (unpaired) electrons. The van der Waals surface area contributed by atoms with Crippen molar-refractivity contribution in [2.75, 3.05) is 31.1 Å². The number of hydrogen-bond acceptors (Lipinski definition) is 4. The second kappa shape index (κ2) is 5.81.